The summed E-state index contributed by atoms with van der Waals surface area (Å²) in [7, 11) is 0. The largest absolute Gasteiger partial charge is 0.339 e. The topological polar surface area (TPSA) is 78.5 Å². The minimum absolute atomic E-state index is 0.0155. The van der Waals surface area contributed by atoms with E-state index >= 15 is 0 Å². The van der Waals surface area contributed by atoms with E-state index < -0.39 is 6.04 Å². The standard InChI is InChI=1S/C20H23N3O3S/c1-12(2)18(22-19(25)17-5-4-10-27-17)20(26)21-15-6-7-16-14(11-15)8-9-23(16)13(3)24/h4-7,10-12,18H,8-9H2,1-3H3,(H,21,26)(H,22,25)/t18-/m1/s1. The van der Waals surface area contributed by atoms with Gasteiger partial charge in [-0.1, -0.05) is 19.9 Å². The Morgan fingerprint density at radius 3 is 2.59 bits per heavy atom. The second-order valence-corrected chi connectivity index (χ2v) is 7.87. The van der Waals surface area contributed by atoms with Crippen molar-refractivity contribution < 1.29 is 14.4 Å². The smallest absolute Gasteiger partial charge is 0.262 e. The molecule has 1 aromatic carbocycles. The molecule has 2 N–H and O–H groups in total. The number of rotatable bonds is 5. The average Bonchev–Trinajstić information content (AvgIpc) is 3.28. The quantitative estimate of drug-likeness (QED) is 0.830. The monoisotopic (exact) mass is 385 g/mol. The molecular formula is C20H23N3O3S. The number of thiophene rings is 1. The van der Waals surface area contributed by atoms with Gasteiger partial charge in [0, 0.05) is 24.8 Å². The predicted molar refractivity (Wildman–Crippen MR) is 107 cm³/mol. The summed E-state index contributed by atoms with van der Waals surface area (Å²) in [4.78, 5) is 39.0. The molecule has 1 aliphatic rings. The van der Waals surface area contributed by atoms with E-state index in [0.29, 0.717) is 17.1 Å². The van der Waals surface area contributed by atoms with E-state index in [9.17, 15) is 14.4 Å². The van der Waals surface area contributed by atoms with Gasteiger partial charge in [-0.3, -0.25) is 14.4 Å². The van der Waals surface area contributed by atoms with Crippen LogP contribution in [-0.4, -0.2) is 30.3 Å². The molecule has 1 atom stereocenters. The van der Waals surface area contributed by atoms with Gasteiger partial charge in [-0.05, 0) is 47.5 Å². The fourth-order valence-corrected chi connectivity index (χ4v) is 3.81. The average molecular weight is 385 g/mol. The summed E-state index contributed by atoms with van der Waals surface area (Å²) < 4.78 is 0. The number of hydrogen-bond acceptors (Lipinski definition) is 4. The zero-order valence-corrected chi connectivity index (χ0v) is 16.4. The third-order valence-electron chi connectivity index (χ3n) is 4.60. The van der Waals surface area contributed by atoms with Crippen molar-refractivity contribution in [2.24, 2.45) is 5.92 Å². The van der Waals surface area contributed by atoms with Crippen LogP contribution in [0.4, 0.5) is 11.4 Å². The molecule has 0 saturated carbocycles. The summed E-state index contributed by atoms with van der Waals surface area (Å²) in [5.41, 5.74) is 2.60. The Labute approximate surface area is 162 Å². The number of fused-ring (bicyclic) bond motifs is 1. The molecule has 2 aromatic rings. The second kappa shape index (κ2) is 7.92. The van der Waals surface area contributed by atoms with Crippen molar-refractivity contribution in [3.8, 4) is 0 Å². The van der Waals surface area contributed by atoms with Gasteiger partial charge >= 0.3 is 0 Å². The molecule has 1 aliphatic heterocycles. The SMILES string of the molecule is CC(=O)N1CCc2cc(NC(=O)[C@H](NC(=O)c3cccs3)C(C)C)ccc21. The molecule has 0 radical (unpaired) electrons. The minimum atomic E-state index is -0.637. The molecule has 3 rings (SSSR count). The summed E-state index contributed by atoms with van der Waals surface area (Å²) >= 11 is 1.34. The first-order valence-corrected chi connectivity index (χ1v) is 9.81. The van der Waals surface area contributed by atoms with E-state index in [1.165, 1.54) is 11.3 Å². The van der Waals surface area contributed by atoms with E-state index in [1.54, 1.807) is 30.0 Å². The van der Waals surface area contributed by atoms with Gasteiger partial charge < -0.3 is 15.5 Å². The third kappa shape index (κ3) is 4.19. The fourth-order valence-electron chi connectivity index (χ4n) is 3.18. The van der Waals surface area contributed by atoms with Gasteiger partial charge in [-0.15, -0.1) is 11.3 Å². The van der Waals surface area contributed by atoms with Crippen molar-refractivity contribution in [3.63, 3.8) is 0 Å². The number of amides is 3. The lowest BCUT2D eigenvalue weighted by Gasteiger charge is -2.22. The van der Waals surface area contributed by atoms with Gasteiger partial charge in [0.05, 0.1) is 4.88 Å². The molecule has 142 valence electrons. The van der Waals surface area contributed by atoms with Crippen LogP contribution in [0.15, 0.2) is 35.7 Å². The lowest BCUT2D eigenvalue weighted by Crippen LogP contribution is -2.46. The number of nitrogens with zero attached hydrogens (tertiary/aromatic N) is 1. The van der Waals surface area contributed by atoms with Crippen LogP contribution in [0.25, 0.3) is 0 Å². The molecule has 0 unspecified atom stereocenters. The summed E-state index contributed by atoms with van der Waals surface area (Å²) in [5, 5.41) is 7.54. The molecule has 0 fully saturated rings. The lowest BCUT2D eigenvalue weighted by atomic mass is 10.0. The number of hydrogen-bond donors (Lipinski definition) is 2. The van der Waals surface area contributed by atoms with Crippen LogP contribution in [0.3, 0.4) is 0 Å². The summed E-state index contributed by atoms with van der Waals surface area (Å²) in [6.07, 6.45) is 0.765. The van der Waals surface area contributed by atoms with Gasteiger partial charge in [0.25, 0.3) is 5.91 Å². The molecule has 2 heterocycles. The van der Waals surface area contributed by atoms with Crippen LogP contribution in [0, 0.1) is 5.92 Å². The molecule has 3 amide bonds. The number of anilines is 2. The van der Waals surface area contributed by atoms with Crippen molar-refractivity contribution in [2.75, 3.05) is 16.8 Å². The Hall–Kier alpha value is -2.67. The first-order chi connectivity index (χ1) is 12.9. The summed E-state index contributed by atoms with van der Waals surface area (Å²) in [6.45, 7) is 6.00. The fraction of sp³-hybridized carbons (Fsp3) is 0.350. The van der Waals surface area contributed by atoms with E-state index in [2.05, 4.69) is 10.6 Å². The highest BCUT2D eigenvalue weighted by atomic mass is 32.1. The zero-order chi connectivity index (χ0) is 19.6. The highest BCUT2D eigenvalue weighted by Crippen LogP contribution is 2.30. The van der Waals surface area contributed by atoms with Crippen molar-refractivity contribution in [1.82, 2.24) is 5.32 Å². The van der Waals surface area contributed by atoms with E-state index in [4.69, 9.17) is 0 Å². The predicted octanol–water partition coefficient (Wildman–Crippen LogP) is 3.05. The maximum atomic E-state index is 12.7. The Bertz CT molecular complexity index is 861. The normalized spacial score (nSPS) is 14.0. The Kier molecular flexibility index (Phi) is 5.60. The number of carbonyl (C=O) groups is 3. The van der Waals surface area contributed by atoms with Crippen LogP contribution in [-0.2, 0) is 16.0 Å². The Morgan fingerprint density at radius 1 is 1.19 bits per heavy atom. The van der Waals surface area contributed by atoms with Crippen molar-refractivity contribution in [2.45, 2.75) is 33.2 Å². The highest BCUT2D eigenvalue weighted by Gasteiger charge is 2.26. The van der Waals surface area contributed by atoms with Crippen LogP contribution in [0.2, 0.25) is 0 Å². The van der Waals surface area contributed by atoms with Crippen LogP contribution < -0.4 is 15.5 Å². The van der Waals surface area contributed by atoms with Crippen LogP contribution in [0.1, 0.15) is 36.0 Å². The van der Waals surface area contributed by atoms with Gasteiger partial charge in [0.2, 0.25) is 11.8 Å². The summed E-state index contributed by atoms with van der Waals surface area (Å²) in [5.74, 6) is -0.542. The highest BCUT2D eigenvalue weighted by molar-refractivity contribution is 7.12. The first-order valence-electron chi connectivity index (χ1n) is 8.93. The van der Waals surface area contributed by atoms with Gasteiger partial charge in [0.1, 0.15) is 6.04 Å². The molecular weight excluding hydrogens is 362 g/mol. The first kappa shape index (κ1) is 19.1. The van der Waals surface area contributed by atoms with E-state index in [0.717, 1.165) is 17.7 Å². The number of benzene rings is 1. The maximum Gasteiger partial charge on any atom is 0.262 e. The van der Waals surface area contributed by atoms with Crippen molar-refractivity contribution in [3.05, 3.63) is 46.2 Å². The molecule has 0 aliphatic carbocycles. The molecule has 0 saturated heterocycles. The number of carbonyl (C=O) groups excluding carboxylic acids is 3. The van der Waals surface area contributed by atoms with Crippen LogP contribution >= 0.6 is 11.3 Å². The minimum Gasteiger partial charge on any atom is -0.339 e. The molecule has 0 bridgehead atoms. The zero-order valence-electron chi connectivity index (χ0n) is 15.6. The van der Waals surface area contributed by atoms with Crippen LogP contribution in [0.5, 0.6) is 0 Å². The van der Waals surface area contributed by atoms with Gasteiger partial charge in [-0.25, -0.2) is 0 Å². The Morgan fingerprint density at radius 2 is 1.96 bits per heavy atom. The molecule has 7 heteroatoms. The molecule has 6 nitrogen and oxygen atoms in total. The lowest BCUT2D eigenvalue weighted by molar-refractivity contribution is -0.119. The second-order valence-electron chi connectivity index (χ2n) is 6.93. The van der Waals surface area contributed by atoms with Gasteiger partial charge in [0.15, 0.2) is 0 Å². The molecule has 27 heavy (non-hydrogen) atoms. The number of nitrogens with one attached hydrogen (secondary N) is 2. The Balaban J connectivity index is 1.71. The summed E-state index contributed by atoms with van der Waals surface area (Å²) in [6, 6.07) is 8.44. The van der Waals surface area contributed by atoms with Crippen molar-refractivity contribution in [1.29, 1.82) is 0 Å². The van der Waals surface area contributed by atoms with Gasteiger partial charge in [-0.2, -0.15) is 0 Å². The molecule has 0 spiro atoms. The van der Waals surface area contributed by atoms with E-state index in [1.807, 2.05) is 31.4 Å². The maximum absolute atomic E-state index is 12.7. The molecule has 1 aromatic heterocycles. The van der Waals surface area contributed by atoms with E-state index in [-0.39, 0.29) is 23.6 Å². The third-order valence-corrected chi connectivity index (χ3v) is 5.47. The van der Waals surface area contributed by atoms with Crippen molar-refractivity contribution >= 4 is 40.4 Å².